The number of aryl methyl sites for hydroxylation is 1. The number of amides is 1. The van der Waals surface area contributed by atoms with E-state index < -0.39 is 0 Å². The SMILES string of the molecule is CCCc1ccc(C#N)c(SCCC(=O)Nc2ccc(C(=O)OCC)cc2)n1. The van der Waals surface area contributed by atoms with Crippen molar-refractivity contribution < 1.29 is 14.3 Å². The third-order valence-corrected chi connectivity index (χ3v) is 4.79. The first-order chi connectivity index (χ1) is 13.6. The Morgan fingerprint density at radius 1 is 1.18 bits per heavy atom. The zero-order chi connectivity index (χ0) is 20.4. The molecule has 0 saturated heterocycles. The molecule has 0 unspecified atom stereocenters. The monoisotopic (exact) mass is 397 g/mol. The van der Waals surface area contributed by atoms with E-state index >= 15 is 0 Å². The summed E-state index contributed by atoms with van der Waals surface area (Å²) in [5, 5.41) is 12.7. The average molecular weight is 398 g/mol. The number of hydrogen-bond acceptors (Lipinski definition) is 6. The summed E-state index contributed by atoms with van der Waals surface area (Å²) in [7, 11) is 0. The summed E-state index contributed by atoms with van der Waals surface area (Å²) in [4.78, 5) is 28.3. The van der Waals surface area contributed by atoms with E-state index in [1.807, 2.05) is 6.07 Å². The molecule has 0 saturated carbocycles. The highest BCUT2D eigenvalue weighted by atomic mass is 32.2. The Hall–Kier alpha value is -2.85. The molecule has 0 bridgehead atoms. The number of rotatable bonds is 9. The van der Waals surface area contributed by atoms with Gasteiger partial charge in [0.05, 0.1) is 17.7 Å². The highest BCUT2D eigenvalue weighted by Gasteiger charge is 2.10. The van der Waals surface area contributed by atoms with Crippen molar-refractivity contribution in [3.8, 4) is 6.07 Å². The first kappa shape index (κ1) is 21.5. The summed E-state index contributed by atoms with van der Waals surface area (Å²) < 4.78 is 4.93. The van der Waals surface area contributed by atoms with E-state index in [1.165, 1.54) is 11.8 Å². The number of esters is 1. The summed E-state index contributed by atoms with van der Waals surface area (Å²) in [6, 6.07) is 12.4. The van der Waals surface area contributed by atoms with E-state index in [-0.39, 0.29) is 18.3 Å². The summed E-state index contributed by atoms with van der Waals surface area (Å²) in [6.07, 6.45) is 2.14. The summed E-state index contributed by atoms with van der Waals surface area (Å²) >= 11 is 1.41. The molecule has 0 radical (unpaired) electrons. The van der Waals surface area contributed by atoms with Gasteiger partial charge in [0, 0.05) is 23.6 Å². The van der Waals surface area contributed by atoms with Crippen LogP contribution >= 0.6 is 11.8 Å². The van der Waals surface area contributed by atoms with Crippen molar-refractivity contribution in [2.75, 3.05) is 17.7 Å². The zero-order valence-corrected chi connectivity index (χ0v) is 16.8. The van der Waals surface area contributed by atoms with Crippen LogP contribution in [0.2, 0.25) is 0 Å². The van der Waals surface area contributed by atoms with Gasteiger partial charge in [-0.25, -0.2) is 9.78 Å². The maximum absolute atomic E-state index is 12.1. The summed E-state index contributed by atoms with van der Waals surface area (Å²) in [5.74, 6) is -0.00762. The van der Waals surface area contributed by atoms with Gasteiger partial charge in [-0.05, 0) is 49.7 Å². The minimum absolute atomic E-state index is 0.139. The topological polar surface area (TPSA) is 92.1 Å². The van der Waals surface area contributed by atoms with Gasteiger partial charge in [0.1, 0.15) is 11.1 Å². The quantitative estimate of drug-likeness (QED) is 0.503. The van der Waals surface area contributed by atoms with Crippen LogP contribution in [0.1, 0.15) is 48.3 Å². The Balaban J connectivity index is 1.87. The minimum Gasteiger partial charge on any atom is -0.462 e. The molecule has 2 aromatic rings. The molecule has 1 heterocycles. The molecular weight excluding hydrogens is 374 g/mol. The lowest BCUT2D eigenvalue weighted by Gasteiger charge is -2.08. The van der Waals surface area contributed by atoms with Crippen LogP contribution in [0.5, 0.6) is 0 Å². The van der Waals surface area contributed by atoms with E-state index in [4.69, 9.17) is 4.74 Å². The molecule has 1 amide bonds. The van der Waals surface area contributed by atoms with Crippen molar-refractivity contribution in [2.24, 2.45) is 0 Å². The van der Waals surface area contributed by atoms with Gasteiger partial charge in [-0.15, -0.1) is 11.8 Å². The van der Waals surface area contributed by atoms with Crippen molar-refractivity contribution in [3.63, 3.8) is 0 Å². The number of hydrogen-bond donors (Lipinski definition) is 1. The van der Waals surface area contributed by atoms with Crippen LogP contribution in [0.4, 0.5) is 5.69 Å². The minimum atomic E-state index is -0.386. The fraction of sp³-hybridized carbons (Fsp3) is 0.333. The lowest BCUT2D eigenvalue weighted by Crippen LogP contribution is -2.12. The second kappa shape index (κ2) is 11.1. The van der Waals surface area contributed by atoms with Crippen molar-refractivity contribution in [2.45, 2.75) is 38.1 Å². The van der Waals surface area contributed by atoms with Gasteiger partial charge in [0.25, 0.3) is 0 Å². The van der Waals surface area contributed by atoms with Gasteiger partial charge in [-0.2, -0.15) is 5.26 Å². The first-order valence-electron chi connectivity index (χ1n) is 9.17. The number of benzene rings is 1. The fourth-order valence-corrected chi connectivity index (χ4v) is 3.37. The zero-order valence-electron chi connectivity index (χ0n) is 16.0. The first-order valence-corrected chi connectivity index (χ1v) is 10.2. The molecule has 1 aromatic carbocycles. The van der Waals surface area contributed by atoms with E-state index in [1.54, 1.807) is 37.3 Å². The predicted molar refractivity (Wildman–Crippen MR) is 109 cm³/mol. The maximum Gasteiger partial charge on any atom is 0.338 e. The molecule has 0 atom stereocenters. The summed E-state index contributed by atoms with van der Waals surface area (Å²) in [5.41, 5.74) is 2.54. The van der Waals surface area contributed by atoms with Crippen molar-refractivity contribution in [1.82, 2.24) is 4.98 Å². The van der Waals surface area contributed by atoms with Crippen molar-refractivity contribution >= 4 is 29.3 Å². The van der Waals surface area contributed by atoms with E-state index in [0.29, 0.717) is 34.2 Å². The van der Waals surface area contributed by atoms with E-state index in [0.717, 1.165) is 18.5 Å². The Bertz CT molecular complexity index is 860. The van der Waals surface area contributed by atoms with Gasteiger partial charge in [-0.1, -0.05) is 13.3 Å². The molecule has 0 aliphatic rings. The number of thioether (sulfide) groups is 1. The van der Waals surface area contributed by atoms with Gasteiger partial charge in [0.2, 0.25) is 5.91 Å². The number of aromatic nitrogens is 1. The largest absolute Gasteiger partial charge is 0.462 e. The Kier molecular flexibility index (Phi) is 8.50. The summed E-state index contributed by atoms with van der Waals surface area (Å²) in [6.45, 7) is 4.15. The number of anilines is 1. The van der Waals surface area contributed by atoms with Crippen LogP contribution in [-0.4, -0.2) is 29.2 Å². The number of pyridine rings is 1. The van der Waals surface area contributed by atoms with Crippen molar-refractivity contribution in [1.29, 1.82) is 5.26 Å². The highest BCUT2D eigenvalue weighted by Crippen LogP contribution is 2.22. The third kappa shape index (κ3) is 6.39. The van der Waals surface area contributed by atoms with Gasteiger partial charge in [0.15, 0.2) is 0 Å². The van der Waals surface area contributed by atoms with Gasteiger partial charge < -0.3 is 10.1 Å². The fourth-order valence-electron chi connectivity index (χ4n) is 2.44. The number of nitrogens with one attached hydrogen (secondary N) is 1. The second-order valence-electron chi connectivity index (χ2n) is 5.96. The van der Waals surface area contributed by atoms with Crippen LogP contribution in [-0.2, 0) is 16.0 Å². The Labute approximate surface area is 169 Å². The standard InChI is InChI=1S/C21H23N3O3S/c1-3-5-17-11-8-16(14-22)20(24-17)28-13-12-19(25)23-18-9-6-15(7-10-18)21(26)27-4-2/h6-11H,3-5,12-13H2,1-2H3,(H,23,25). The van der Waals surface area contributed by atoms with Crippen molar-refractivity contribution in [3.05, 3.63) is 53.2 Å². The number of ether oxygens (including phenoxy) is 1. The lowest BCUT2D eigenvalue weighted by molar-refractivity contribution is -0.115. The molecule has 1 N–H and O–H groups in total. The number of nitrogens with zero attached hydrogens (tertiary/aromatic N) is 2. The van der Waals surface area contributed by atoms with Gasteiger partial charge >= 0.3 is 5.97 Å². The van der Waals surface area contributed by atoms with Crippen LogP contribution in [0.25, 0.3) is 0 Å². The molecule has 7 heteroatoms. The lowest BCUT2D eigenvalue weighted by atomic mass is 10.2. The number of carbonyl (C=O) groups excluding carboxylic acids is 2. The molecule has 2 rings (SSSR count). The van der Waals surface area contributed by atoms with E-state index in [2.05, 4.69) is 23.3 Å². The Morgan fingerprint density at radius 2 is 1.93 bits per heavy atom. The molecule has 0 spiro atoms. The number of nitriles is 1. The highest BCUT2D eigenvalue weighted by molar-refractivity contribution is 7.99. The molecule has 146 valence electrons. The normalized spacial score (nSPS) is 10.2. The number of carbonyl (C=O) groups is 2. The molecule has 1 aromatic heterocycles. The van der Waals surface area contributed by atoms with Crippen LogP contribution < -0.4 is 5.32 Å². The predicted octanol–water partition coefficient (Wildman–Crippen LogP) is 4.20. The third-order valence-electron chi connectivity index (χ3n) is 3.79. The average Bonchev–Trinajstić information content (AvgIpc) is 2.69. The molecule has 0 aliphatic carbocycles. The molecule has 0 aliphatic heterocycles. The van der Waals surface area contributed by atoms with E-state index in [9.17, 15) is 14.9 Å². The Morgan fingerprint density at radius 3 is 2.57 bits per heavy atom. The molecular formula is C21H23N3O3S. The van der Waals surface area contributed by atoms with Crippen LogP contribution in [0, 0.1) is 11.3 Å². The maximum atomic E-state index is 12.1. The molecule has 0 fully saturated rings. The smallest absolute Gasteiger partial charge is 0.338 e. The molecule has 6 nitrogen and oxygen atoms in total. The molecule has 28 heavy (non-hydrogen) atoms. The van der Waals surface area contributed by atoms with Crippen LogP contribution in [0.15, 0.2) is 41.4 Å². The van der Waals surface area contributed by atoms with Gasteiger partial charge in [-0.3, -0.25) is 4.79 Å². The second-order valence-corrected chi connectivity index (χ2v) is 7.05. The van der Waals surface area contributed by atoms with Crippen LogP contribution in [0.3, 0.4) is 0 Å².